The third-order valence-electron chi connectivity index (χ3n) is 6.11. The number of aryl methyl sites for hydroxylation is 2. The lowest BCUT2D eigenvalue weighted by atomic mass is 9.94. The fourth-order valence-corrected chi connectivity index (χ4v) is 4.26. The number of aliphatic hydroxyl groups excluding tert-OH is 1. The van der Waals surface area contributed by atoms with E-state index in [-0.39, 0.29) is 11.3 Å². The Hall–Kier alpha value is -4.13. The second kappa shape index (κ2) is 10.9. The lowest BCUT2D eigenvalue weighted by Gasteiger charge is -2.25. The van der Waals surface area contributed by atoms with Crippen molar-refractivity contribution >= 4 is 17.4 Å². The minimum absolute atomic E-state index is 0.0987. The van der Waals surface area contributed by atoms with Crippen LogP contribution >= 0.6 is 0 Å². The number of benzene rings is 2. The smallest absolute Gasteiger partial charge is 0.295 e. The number of Topliss-reactive ketones (excluding diaryl/α,β-unsaturated/α-hetero) is 1. The molecule has 0 bridgehead atoms. The number of hydrogen-bond donors (Lipinski definition) is 1. The summed E-state index contributed by atoms with van der Waals surface area (Å²) in [6, 6.07) is 14.0. The molecule has 1 aromatic heterocycles. The van der Waals surface area contributed by atoms with Gasteiger partial charge in [-0.15, -0.1) is 0 Å². The summed E-state index contributed by atoms with van der Waals surface area (Å²) >= 11 is 0. The van der Waals surface area contributed by atoms with Gasteiger partial charge in [-0.1, -0.05) is 43.8 Å². The van der Waals surface area contributed by atoms with Gasteiger partial charge in [0.05, 0.1) is 17.9 Å². The molecule has 1 atom stereocenters. The number of amides is 1. The first kappa shape index (κ1) is 24.0. The van der Waals surface area contributed by atoms with Crippen molar-refractivity contribution in [3.63, 3.8) is 0 Å². The molecule has 7 nitrogen and oxygen atoms in total. The number of likely N-dealkylation sites (tertiary alicyclic amines) is 1. The largest absolute Gasteiger partial charge is 0.507 e. The summed E-state index contributed by atoms with van der Waals surface area (Å²) in [7, 11) is 0. The van der Waals surface area contributed by atoms with Crippen LogP contribution in [0.25, 0.3) is 5.76 Å². The topological polar surface area (TPSA) is 84.7 Å². The van der Waals surface area contributed by atoms with E-state index in [0.29, 0.717) is 37.4 Å². The van der Waals surface area contributed by atoms with Crippen LogP contribution in [-0.4, -0.2) is 44.4 Å². The molecule has 0 unspecified atom stereocenters. The molecule has 1 N–H and O–H groups in total. The summed E-state index contributed by atoms with van der Waals surface area (Å²) < 4.78 is 7.43. The fraction of sp³-hybridized carbons (Fsp3) is 0.250. The van der Waals surface area contributed by atoms with E-state index >= 15 is 0 Å². The molecule has 3 aromatic rings. The molecule has 1 aliphatic rings. The highest BCUT2D eigenvalue weighted by Crippen LogP contribution is 2.39. The van der Waals surface area contributed by atoms with Gasteiger partial charge in [-0.25, -0.2) is 4.98 Å². The van der Waals surface area contributed by atoms with E-state index in [0.717, 1.165) is 17.5 Å². The maximum absolute atomic E-state index is 13.2. The van der Waals surface area contributed by atoms with Crippen LogP contribution in [0.5, 0.6) is 5.75 Å². The number of rotatable bonds is 10. The molecule has 1 amide bonds. The van der Waals surface area contributed by atoms with E-state index in [1.54, 1.807) is 47.8 Å². The van der Waals surface area contributed by atoms with Gasteiger partial charge >= 0.3 is 0 Å². The lowest BCUT2D eigenvalue weighted by Crippen LogP contribution is -2.31. The first-order valence-electron chi connectivity index (χ1n) is 11.7. The Morgan fingerprint density at radius 2 is 1.86 bits per heavy atom. The maximum Gasteiger partial charge on any atom is 0.295 e. The van der Waals surface area contributed by atoms with Crippen LogP contribution in [0.1, 0.15) is 36.1 Å². The third-order valence-corrected chi connectivity index (χ3v) is 6.11. The molecule has 2 heterocycles. The quantitative estimate of drug-likeness (QED) is 0.203. The predicted octanol–water partition coefficient (Wildman–Crippen LogP) is 4.52. The number of imidazole rings is 1. The van der Waals surface area contributed by atoms with Gasteiger partial charge in [-0.2, -0.15) is 0 Å². The van der Waals surface area contributed by atoms with Gasteiger partial charge in [-0.3, -0.25) is 9.59 Å². The van der Waals surface area contributed by atoms with E-state index in [9.17, 15) is 14.7 Å². The number of carbonyl (C=O) groups is 2. The number of nitrogens with zero attached hydrogens (tertiary/aromatic N) is 3. The second-order valence-corrected chi connectivity index (χ2v) is 8.37. The zero-order valence-corrected chi connectivity index (χ0v) is 19.8. The Balaban J connectivity index is 1.69. The van der Waals surface area contributed by atoms with Crippen molar-refractivity contribution in [2.24, 2.45) is 0 Å². The highest BCUT2D eigenvalue weighted by molar-refractivity contribution is 6.46. The van der Waals surface area contributed by atoms with Crippen molar-refractivity contribution in [1.29, 1.82) is 0 Å². The van der Waals surface area contributed by atoms with Gasteiger partial charge in [0.25, 0.3) is 11.7 Å². The van der Waals surface area contributed by atoms with Gasteiger partial charge in [0.1, 0.15) is 18.1 Å². The Bertz CT molecular complexity index is 1210. The van der Waals surface area contributed by atoms with Crippen molar-refractivity contribution in [2.75, 3.05) is 13.2 Å². The molecule has 0 aliphatic carbocycles. The van der Waals surface area contributed by atoms with Crippen molar-refractivity contribution in [1.82, 2.24) is 14.5 Å². The zero-order valence-electron chi connectivity index (χ0n) is 19.8. The number of hydrogen-bond acceptors (Lipinski definition) is 5. The Labute approximate surface area is 205 Å². The van der Waals surface area contributed by atoms with Crippen LogP contribution in [0.15, 0.2) is 85.5 Å². The molecule has 4 rings (SSSR count). The van der Waals surface area contributed by atoms with Crippen LogP contribution in [0.2, 0.25) is 0 Å². The van der Waals surface area contributed by atoms with E-state index < -0.39 is 17.7 Å². The van der Waals surface area contributed by atoms with E-state index in [4.69, 9.17) is 4.74 Å². The minimum atomic E-state index is -0.679. The van der Waals surface area contributed by atoms with Crippen molar-refractivity contribution in [3.8, 4) is 5.75 Å². The summed E-state index contributed by atoms with van der Waals surface area (Å²) in [5.74, 6) is -0.859. The van der Waals surface area contributed by atoms with Crippen LogP contribution < -0.4 is 4.74 Å². The Kier molecular flexibility index (Phi) is 7.45. The number of carbonyl (C=O) groups excluding carboxylic acids is 2. The molecule has 0 saturated carbocycles. The number of aromatic nitrogens is 2. The molecule has 0 radical (unpaired) electrons. The van der Waals surface area contributed by atoms with Gasteiger partial charge in [-0.05, 0) is 48.2 Å². The SMILES string of the molecule is C=CCOc1ccc(C(O)=C2C(=O)C(=O)N(CCCn3ccnc3)[C@@H]2c2ccc(CC)cc2)cc1. The van der Waals surface area contributed by atoms with Crippen molar-refractivity contribution < 1.29 is 19.4 Å². The first-order valence-corrected chi connectivity index (χ1v) is 11.7. The normalized spacial score (nSPS) is 17.1. The van der Waals surface area contributed by atoms with E-state index in [1.165, 1.54) is 0 Å². The van der Waals surface area contributed by atoms with E-state index in [1.807, 2.05) is 35.0 Å². The van der Waals surface area contributed by atoms with Gasteiger partial charge < -0.3 is 19.3 Å². The van der Waals surface area contributed by atoms with Crippen molar-refractivity contribution in [3.05, 3.63) is 102 Å². The Morgan fingerprint density at radius 3 is 2.49 bits per heavy atom. The molecule has 1 aliphatic heterocycles. The highest BCUT2D eigenvalue weighted by Gasteiger charge is 2.45. The highest BCUT2D eigenvalue weighted by atomic mass is 16.5. The first-order chi connectivity index (χ1) is 17.0. The summed E-state index contributed by atoms with van der Waals surface area (Å²) in [5.41, 5.74) is 2.49. The minimum Gasteiger partial charge on any atom is -0.507 e. The number of ether oxygens (including phenoxy) is 1. The third kappa shape index (κ3) is 5.19. The average Bonchev–Trinajstić information content (AvgIpc) is 3.50. The summed E-state index contributed by atoms with van der Waals surface area (Å²) in [6.07, 6.45) is 8.45. The summed E-state index contributed by atoms with van der Waals surface area (Å²) in [6.45, 7) is 7.09. The maximum atomic E-state index is 13.2. The van der Waals surface area contributed by atoms with Gasteiger partial charge in [0, 0.05) is 31.0 Å². The molecule has 180 valence electrons. The van der Waals surface area contributed by atoms with Gasteiger partial charge in [0.2, 0.25) is 0 Å². The lowest BCUT2D eigenvalue weighted by molar-refractivity contribution is -0.139. The molecule has 1 saturated heterocycles. The van der Waals surface area contributed by atoms with Crippen LogP contribution in [0, 0.1) is 0 Å². The molecule has 2 aromatic carbocycles. The molecular formula is C28H29N3O4. The fourth-order valence-electron chi connectivity index (χ4n) is 4.26. The summed E-state index contributed by atoms with van der Waals surface area (Å²) in [5, 5.41) is 11.2. The number of aliphatic hydroxyl groups is 1. The monoisotopic (exact) mass is 471 g/mol. The summed E-state index contributed by atoms with van der Waals surface area (Å²) in [4.78, 5) is 31.9. The Morgan fingerprint density at radius 1 is 1.11 bits per heavy atom. The molecule has 7 heteroatoms. The zero-order chi connectivity index (χ0) is 24.8. The van der Waals surface area contributed by atoms with E-state index in [2.05, 4.69) is 18.5 Å². The second-order valence-electron chi connectivity index (χ2n) is 8.37. The molecular weight excluding hydrogens is 442 g/mol. The van der Waals surface area contributed by atoms with Crippen LogP contribution in [0.3, 0.4) is 0 Å². The van der Waals surface area contributed by atoms with Crippen LogP contribution in [-0.2, 0) is 22.6 Å². The molecule has 35 heavy (non-hydrogen) atoms. The average molecular weight is 472 g/mol. The number of ketones is 1. The molecule has 0 spiro atoms. The van der Waals surface area contributed by atoms with Gasteiger partial charge in [0.15, 0.2) is 0 Å². The predicted molar refractivity (Wildman–Crippen MR) is 134 cm³/mol. The molecule has 1 fully saturated rings. The standard InChI is InChI=1S/C28H29N3O4/c1-3-18-35-23-12-10-22(11-13-23)26(32)24-25(21-8-6-20(4-2)7-9-21)31(28(34)27(24)33)16-5-15-30-17-14-29-19-30/h3,6-14,17,19,25,32H,1,4-5,15-16,18H2,2H3/t25-/m1/s1. The van der Waals surface area contributed by atoms with Crippen LogP contribution in [0.4, 0.5) is 0 Å². The van der Waals surface area contributed by atoms with Crippen molar-refractivity contribution in [2.45, 2.75) is 32.4 Å².